The van der Waals surface area contributed by atoms with E-state index in [0.29, 0.717) is 35.3 Å². The lowest BCUT2D eigenvalue weighted by molar-refractivity contribution is -0.118. The summed E-state index contributed by atoms with van der Waals surface area (Å²) in [7, 11) is 0. The number of halogens is 1. The number of aromatic nitrogens is 1. The highest BCUT2D eigenvalue weighted by Crippen LogP contribution is 2.52. The van der Waals surface area contributed by atoms with Crippen molar-refractivity contribution in [3.63, 3.8) is 0 Å². The van der Waals surface area contributed by atoms with Crippen LogP contribution < -0.4 is 16.2 Å². The van der Waals surface area contributed by atoms with Gasteiger partial charge < -0.3 is 16.2 Å². The van der Waals surface area contributed by atoms with Gasteiger partial charge in [0.2, 0.25) is 5.88 Å². The predicted octanol–water partition coefficient (Wildman–Crippen LogP) is 3.42. The lowest BCUT2D eigenvalue weighted by Gasteiger charge is -2.38. The molecule has 6 nitrogen and oxygen atoms in total. The number of ketones is 1. The van der Waals surface area contributed by atoms with E-state index in [2.05, 4.69) is 4.98 Å². The van der Waals surface area contributed by atoms with Gasteiger partial charge in [-0.2, -0.15) is 10.2 Å². The van der Waals surface area contributed by atoms with Gasteiger partial charge in [0.15, 0.2) is 5.78 Å². The van der Waals surface area contributed by atoms with Crippen molar-refractivity contribution in [1.82, 2.24) is 4.98 Å². The van der Waals surface area contributed by atoms with Crippen LogP contribution in [0.5, 0.6) is 5.88 Å². The number of fused-ring (bicyclic) bond motifs is 1. The van der Waals surface area contributed by atoms with E-state index < -0.39 is 5.92 Å². The van der Waals surface area contributed by atoms with Crippen LogP contribution in [-0.4, -0.2) is 10.8 Å². The fourth-order valence-corrected chi connectivity index (χ4v) is 4.03. The molecule has 1 aliphatic carbocycles. The van der Waals surface area contributed by atoms with E-state index >= 15 is 0 Å². The van der Waals surface area contributed by atoms with Crippen LogP contribution in [0.4, 0.5) is 15.9 Å². The molecule has 2 aromatic rings. The lowest BCUT2D eigenvalue weighted by Crippen LogP contribution is -2.33. The minimum Gasteiger partial charge on any atom is -0.442 e. The van der Waals surface area contributed by atoms with Crippen molar-refractivity contribution in [3.05, 3.63) is 58.1 Å². The minimum absolute atomic E-state index is 0.0259. The van der Waals surface area contributed by atoms with Crippen LogP contribution in [0.3, 0.4) is 0 Å². The highest BCUT2D eigenvalue weighted by Gasteiger charge is 2.44. The average Bonchev–Trinajstić information content (AvgIpc) is 2.60. The summed E-state index contributed by atoms with van der Waals surface area (Å²) in [6.07, 6.45) is 0.905. The number of pyridine rings is 1. The standard InChI is InChI=1S/C21H19FN4O2/c1-21(2)7-13(27)16-14(8-21)28-20-17(18(24)12(9-23)19(25)26-20)15(16)10-3-5-11(22)6-4-10/h3-6,15H,7-8H2,1-2H3,(H4,24,25,26). The Labute approximate surface area is 161 Å². The molecule has 28 heavy (non-hydrogen) atoms. The summed E-state index contributed by atoms with van der Waals surface area (Å²) in [5, 5.41) is 9.43. The summed E-state index contributed by atoms with van der Waals surface area (Å²) in [6.45, 7) is 3.99. The van der Waals surface area contributed by atoms with E-state index in [0.717, 1.165) is 0 Å². The van der Waals surface area contributed by atoms with Crippen molar-refractivity contribution in [2.75, 3.05) is 11.5 Å². The molecule has 4 N–H and O–H groups in total. The van der Waals surface area contributed by atoms with Crippen LogP contribution in [0.25, 0.3) is 0 Å². The van der Waals surface area contributed by atoms with Crippen LogP contribution >= 0.6 is 0 Å². The molecule has 0 spiro atoms. The fraction of sp³-hybridized carbons (Fsp3) is 0.286. The molecule has 1 unspecified atom stereocenters. The molecule has 0 amide bonds. The first-order valence-electron chi connectivity index (χ1n) is 8.90. The Morgan fingerprint density at radius 1 is 1.25 bits per heavy atom. The van der Waals surface area contributed by atoms with Crippen molar-refractivity contribution >= 4 is 17.3 Å². The van der Waals surface area contributed by atoms with E-state index in [1.165, 1.54) is 12.1 Å². The van der Waals surface area contributed by atoms with Crippen molar-refractivity contribution in [2.24, 2.45) is 5.41 Å². The molecule has 0 bridgehead atoms. The summed E-state index contributed by atoms with van der Waals surface area (Å²) in [5.41, 5.74) is 13.6. The molecule has 0 saturated heterocycles. The van der Waals surface area contributed by atoms with Gasteiger partial charge in [-0.25, -0.2) is 4.39 Å². The molecule has 0 radical (unpaired) electrons. The molecule has 2 aliphatic rings. The molecule has 1 atom stereocenters. The predicted molar refractivity (Wildman–Crippen MR) is 102 cm³/mol. The Balaban J connectivity index is 2.02. The number of allylic oxidation sites excluding steroid dienone is 2. The van der Waals surface area contributed by atoms with Gasteiger partial charge in [0.25, 0.3) is 0 Å². The van der Waals surface area contributed by atoms with Crippen LogP contribution in [0.15, 0.2) is 35.6 Å². The van der Waals surface area contributed by atoms with Crippen molar-refractivity contribution in [3.8, 4) is 11.9 Å². The first kappa shape index (κ1) is 18.0. The second kappa shape index (κ2) is 6.06. The fourth-order valence-electron chi connectivity index (χ4n) is 4.03. The van der Waals surface area contributed by atoms with E-state index in [1.807, 2.05) is 19.9 Å². The molecule has 2 heterocycles. The van der Waals surface area contributed by atoms with Gasteiger partial charge in [0, 0.05) is 24.3 Å². The maximum absolute atomic E-state index is 13.5. The SMILES string of the molecule is CC1(C)CC(=O)C2=C(C1)Oc1nc(N)c(C#N)c(N)c1C2c1ccc(F)cc1. The normalized spacial score (nSPS) is 20.1. The number of ether oxygens (including phenoxy) is 1. The molecule has 0 fully saturated rings. The Kier molecular flexibility index (Phi) is 3.89. The van der Waals surface area contributed by atoms with E-state index in [9.17, 15) is 14.4 Å². The number of nitriles is 1. The minimum atomic E-state index is -0.594. The quantitative estimate of drug-likeness (QED) is 0.786. The van der Waals surface area contributed by atoms with Crippen LogP contribution in [0.1, 0.15) is 49.3 Å². The third kappa shape index (κ3) is 2.69. The zero-order valence-electron chi connectivity index (χ0n) is 15.5. The average molecular weight is 378 g/mol. The molecule has 142 valence electrons. The number of rotatable bonds is 1. The number of carbonyl (C=O) groups is 1. The van der Waals surface area contributed by atoms with Crippen molar-refractivity contribution in [1.29, 1.82) is 5.26 Å². The molecule has 0 saturated carbocycles. The van der Waals surface area contributed by atoms with Gasteiger partial charge >= 0.3 is 0 Å². The number of anilines is 2. The zero-order valence-corrected chi connectivity index (χ0v) is 15.5. The smallest absolute Gasteiger partial charge is 0.227 e. The first-order chi connectivity index (χ1) is 13.2. The highest BCUT2D eigenvalue weighted by atomic mass is 19.1. The van der Waals surface area contributed by atoms with Gasteiger partial charge in [-0.05, 0) is 23.1 Å². The van der Waals surface area contributed by atoms with Gasteiger partial charge in [-0.15, -0.1) is 0 Å². The summed E-state index contributed by atoms with van der Waals surface area (Å²) in [5.74, 6) is -0.347. The topological polar surface area (TPSA) is 115 Å². The van der Waals surface area contributed by atoms with Crippen molar-refractivity contribution < 1.29 is 13.9 Å². The Morgan fingerprint density at radius 2 is 1.93 bits per heavy atom. The maximum atomic E-state index is 13.5. The number of Topliss-reactive ketones (excluding diaryl/α,β-unsaturated/α-hetero) is 1. The molecule has 4 rings (SSSR count). The Hall–Kier alpha value is -3.40. The highest BCUT2D eigenvalue weighted by molar-refractivity contribution is 6.00. The van der Waals surface area contributed by atoms with E-state index in [1.54, 1.807) is 12.1 Å². The largest absolute Gasteiger partial charge is 0.442 e. The zero-order chi connectivity index (χ0) is 20.2. The summed E-state index contributed by atoms with van der Waals surface area (Å²) in [6, 6.07) is 7.83. The van der Waals surface area contributed by atoms with Crippen LogP contribution in [0, 0.1) is 22.6 Å². The maximum Gasteiger partial charge on any atom is 0.227 e. The Morgan fingerprint density at radius 3 is 2.57 bits per heavy atom. The summed E-state index contributed by atoms with van der Waals surface area (Å²) < 4.78 is 19.5. The second-order valence-corrected chi connectivity index (χ2v) is 7.98. The number of nitrogens with two attached hydrogens (primary N) is 2. The van der Waals surface area contributed by atoms with Crippen LogP contribution in [-0.2, 0) is 4.79 Å². The van der Waals surface area contributed by atoms with Gasteiger partial charge in [-0.3, -0.25) is 4.79 Å². The Bertz CT molecular complexity index is 1080. The van der Waals surface area contributed by atoms with E-state index in [4.69, 9.17) is 16.2 Å². The van der Waals surface area contributed by atoms with Gasteiger partial charge in [-0.1, -0.05) is 26.0 Å². The van der Waals surface area contributed by atoms with Gasteiger partial charge in [0.1, 0.15) is 29.0 Å². The summed E-state index contributed by atoms with van der Waals surface area (Å²) in [4.78, 5) is 17.3. The van der Waals surface area contributed by atoms with Gasteiger partial charge in [0.05, 0.1) is 11.3 Å². The van der Waals surface area contributed by atoms with E-state index in [-0.39, 0.29) is 40.0 Å². The number of benzene rings is 1. The number of hydrogen-bond donors (Lipinski definition) is 2. The number of hydrogen-bond acceptors (Lipinski definition) is 6. The monoisotopic (exact) mass is 378 g/mol. The number of nitrogen functional groups attached to an aromatic ring is 2. The lowest BCUT2D eigenvalue weighted by atomic mass is 9.70. The summed E-state index contributed by atoms with van der Waals surface area (Å²) >= 11 is 0. The molecule has 1 aromatic carbocycles. The molecule has 1 aliphatic heterocycles. The first-order valence-corrected chi connectivity index (χ1v) is 8.90. The molecule has 7 heteroatoms. The third-order valence-corrected chi connectivity index (χ3v) is 5.26. The number of carbonyl (C=O) groups excluding carboxylic acids is 1. The third-order valence-electron chi connectivity index (χ3n) is 5.26. The number of nitrogens with zero attached hydrogens (tertiary/aromatic N) is 2. The second-order valence-electron chi connectivity index (χ2n) is 7.98. The van der Waals surface area contributed by atoms with Crippen LogP contribution in [0.2, 0.25) is 0 Å². The van der Waals surface area contributed by atoms with Crippen molar-refractivity contribution in [2.45, 2.75) is 32.6 Å². The molecular formula is C21H19FN4O2. The molecule has 1 aromatic heterocycles. The molecular weight excluding hydrogens is 359 g/mol.